The van der Waals surface area contributed by atoms with Gasteiger partial charge in [0.05, 0.1) is 23.6 Å². The number of pyridine rings is 1. The number of hydrogen-bond donors (Lipinski definition) is 8. The standard InChI is InChI=1S/C32H44N8O9S.H3O4P/c1-17(33)22(42)7-5-4-6-8-24(43)47-14-19-11-35-18(2)28(20(19)13-41)49-32(46)21(9-10-50-3)36-12-23-26(44)27(45)31(48-23)40-16-39-25-29(34)37-15-38-30(25)40;1-5(2,3)4/h11,13,15-17,21,23,26-27,31,36,44-45H,4-10,12,14,33H2,1-3H3,(H2,34,37,38);(H3,1,2,3,4)/t17?,21-,23+,26+,27+,31+;/m0./s1. The highest BCUT2D eigenvalue weighted by Gasteiger charge is 2.44. The van der Waals surface area contributed by atoms with E-state index in [1.807, 2.05) is 6.26 Å². The van der Waals surface area contributed by atoms with Crippen LogP contribution in [0.4, 0.5) is 5.82 Å². The van der Waals surface area contributed by atoms with Crippen molar-refractivity contribution in [3.05, 3.63) is 35.7 Å². The second kappa shape index (κ2) is 21.4. The average Bonchev–Trinajstić information content (AvgIpc) is 3.68. The Bertz CT molecular complexity index is 1820. The number of nitrogen functional groups attached to an aromatic ring is 1. The number of unbranched alkanes of at least 4 members (excludes halogenated alkanes) is 2. The van der Waals surface area contributed by atoms with Crippen LogP contribution in [0.25, 0.3) is 11.2 Å². The van der Waals surface area contributed by atoms with Crippen molar-refractivity contribution in [1.82, 2.24) is 29.8 Å². The Kier molecular flexibility index (Phi) is 17.7. The van der Waals surface area contributed by atoms with Gasteiger partial charge in [0.2, 0.25) is 0 Å². The van der Waals surface area contributed by atoms with Crippen LogP contribution in [-0.2, 0) is 35.0 Å². The number of esters is 2. The topological polar surface area (TPSA) is 335 Å². The molecule has 10 N–H and O–H groups in total. The molecule has 4 rings (SSSR count). The van der Waals surface area contributed by atoms with E-state index >= 15 is 0 Å². The third-order valence-corrected chi connectivity index (χ3v) is 8.96. The Balaban J connectivity index is 0.00000152. The van der Waals surface area contributed by atoms with E-state index in [0.717, 1.165) is 0 Å². The first kappa shape index (κ1) is 45.4. The first-order valence-corrected chi connectivity index (χ1v) is 20.0. The van der Waals surface area contributed by atoms with Gasteiger partial charge in [0.1, 0.15) is 48.6 Å². The van der Waals surface area contributed by atoms with Gasteiger partial charge in [0.15, 0.2) is 29.7 Å². The highest BCUT2D eigenvalue weighted by Crippen LogP contribution is 2.32. The van der Waals surface area contributed by atoms with Crippen LogP contribution in [0.1, 0.15) is 73.3 Å². The molecule has 1 aliphatic rings. The van der Waals surface area contributed by atoms with Crippen LogP contribution < -0.4 is 21.5 Å². The van der Waals surface area contributed by atoms with Crippen molar-refractivity contribution >= 4 is 60.6 Å². The number of carbonyl (C=O) groups excluding carboxylic acids is 4. The maximum Gasteiger partial charge on any atom is 0.466 e. The zero-order valence-electron chi connectivity index (χ0n) is 30.4. The number of thioether (sulfide) groups is 1. The monoisotopic (exact) mass is 814 g/mol. The summed E-state index contributed by atoms with van der Waals surface area (Å²) in [5.74, 6) is -0.551. The van der Waals surface area contributed by atoms with E-state index in [9.17, 15) is 29.4 Å². The van der Waals surface area contributed by atoms with E-state index in [0.29, 0.717) is 55.3 Å². The van der Waals surface area contributed by atoms with Crippen LogP contribution in [0, 0.1) is 6.92 Å². The quantitative estimate of drug-likeness (QED) is 0.0337. The smallest absolute Gasteiger partial charge is 0.461 e. The number of aromatic nitrogens is 5. The summed E-state index contributed by atoms with van der Waals surface area (Å²) >= 11 is 1.51. The Morgan fingerprint density at radius 2 is 1.80 bits per heavy atom. The first-order valence-electron chi connectivity index (χ1n) is 17.0. The number of nitrogens with zero attached hydrogens (tertiary/aromatic N) is 5. The number of fused-ring (bicyclic) bond motifs is 1. The van der Waals surface area contributed by atoms with E-state index in [4.69, 9.17) is 44.9 Å². The molecule has 3 aromatic rings. The van der Waals surface area contributed by atoms with E-state index in [-0.39, 0.29) is 53.7 Å². The molecular weight excluding hydrogens is 767 g/mol. The van der Waals surface area contributed by atoms with Gasteiger partial charge < -0.3 is 55.9 Å². The molecule has 0 bridgehead atoms. The van der Waals surface area contributed by atoms with Gasteiger partial charge in [-0.1, -0.05) is 6.42 Å². The van der Waals surface area contributed by atoms with Crippen molar-refractivity contribution in [2.75, 3.05) is 24.3 Å². The maximum atomic E-state index is 13.5. The number of aliphatic hydroxyl groups is 2. The molecule has 1 saturated heterocycles. The number of imidazole rings is 1. The summed E-state index contributed by atoms with van der Waals surface area (Å²) in [6.45, 7) is 2.92. The molecule has 0 aliphatic carbocycles. The molecule has 21 nitrogen and oxygen atoms in total. The van der Waals surface area contributed by atoms with Gasteiger partial charge in [-0.3, -0.25) is 23.9 Å². The van der Waals surface area contributed by atoms with Crippen LogP contribution >= 0.6 is 19.6 Å². The molecule has 0 aromatic carbocycles. The SMILES string of the molecule is CSCC[C@H](NC[C@H]1O[C@@H](n2cnc3c(N)ncnc32)[C@H](O)[C@@H]1O)C(=O)Oc1c(C)ncc(COC(=O)CCCCCC(=O)C(C)N)c1C=O.O=P(O)(O)O. The van der Waals surface area contributed by atoms with Gasteiger partial charge in [-0.05, 0) is 45.1 Å². The summed E-state index contributed by atoms with van der Waals surface area (Å²) in [6, 6.07) is -1.39. The zero-order chi connectivity index (χ0) is 40.9. The van der Waals surface area contributed by atoms with E-state index < -0.39 is 56.4 Å². The van der Waals surface area contributed by atoms with Gasteiger partial charge in [-0.15, -0.1) is 0 Å². The highest BCUT2D eigenvalue weighted by atomic mass is 32.2. The van der Waals surface area contributed by atoms with E-state index in [1.165, 1.54) is 35.2 Å². The van der Waals surface area contributed by atoms with Gasteiger partial charge in [0.25, 0.3) is 0 Å². The van der Waals surface area contributed by atoms with Gasteiger partial charge >= 0.3 is 19.8 Å². The minimum atomic E-state index is -4.64. The number of ketones is 1. The highest BCUT2D eigenvalue weighted by molar-refractivity contribution is 7.98. The fraction of sp³-hybridized carbons (Fsp3) is 0.562. The summed E-state index contributed by atoms with van der Waals surface area (Å²) in [4.78, 5) is 87.8. The molecule has 0 saturated carbocycles. The third kappa shape index (κ3) is 13.6. The number of nitrogens with two attached hydrogens (primary N) is 2. The fourth-order valence-electron chi connectivity index (χ4n) is 5.37. The summed E-state index contributed by atoms with van der Waals surface area (Å²) in [7, 11) is -4.64. The molecule has 23 heteroatoms. The van der Waals surface area contributed by atoms with Crippen molar-refractivity contribution in [2.24, 2.45) is 5.73 Å². The summed E-state index contributed by atoms with van der Waals surface area (Å²) in [5, 5.41) is 24.7. The van der Waals surface area contributed by atoms with Crippen LogP contribution in [0.5, 0.6) is 5.75 Å². The molecule has 6 atom stereocenters. The number of carbonyl (C=O) groups is 4. The first-order chi connectivity index (χ1) is 26.0. The minimum Gasteiger partial charge on any atom is -0.461 e. The number of hydrogen-bond acceptors (Lipinski definition) is 18. The number of Topliss-reactive ketones (excluding diaryl/α,β-unsaturated/α-hetero) is 1. The van der Waals surface area contributed by atoms with E-state index in [1.54, 1.807) is 13.8 Å². The Hall–Kier alpha value is -3.96. The molecule has 0 amide bonds. The number of nitrogens with one attached hydrogen (secondary N) is 1. The number of aliphatic hydroxyl groups excluding tert-OH is 2. The lowest BCUT2D eigenvalue weighted by Gasteiger charge is -2.22. The summed E-state index contributed by atoms with van der Waals surface area (Å²) in [5.41, 5.74) is 12.6. The summed E-state index contributed by atoms with van der Waals surface area (Å²) < 4.78 is 27.4. The van der Waals surface area contributed by atoms with Crippen LogP contribution in [0.15, 0.2) is 18.9 Å². The summed E-state index contributed by atoms with van der Waals surface area (Å²) in [6.07, 6.45) is 4.41. The molecule has 0 radical (unpaired) electrons. The average molecular weight is 815 g/mol. The number of anilines is 1. The van der Waals surface area contributed by atoms with Crippen molar-refractivity contribution in [2.45, 2.75) is 95.6 Å². The Labute approximate surface area is 319 Å². The van der Waals surface area contributed by atoms with Crippen LogP contribution in [-0.4, -0.2) is 122 Å². The zero-order valence-corrected chi connectivity index (χ0v) is 32.1. The molecule has 1 fully saturated rings. The second-order valence-corrected chi connectivity index (χ2v) is 14.5. The molecule has 1 unspecified atom stereocenters. The molecule has 304 valence electrons. The minimum absolute atomic E-state index is 0.0224. The van der Waals surface area contributed by atoms with Crippen molar-refractivity contribution in [3.8, 4) is 5.75 Å². The van der Waals surface area contributed by atoms with Gasteiger partial charge in [0, 0.05) is 31.1 Å². The molecule has 0 spiro atoms. The van der Waals surface area contributed by atoms with Gasteiger partial charge in [-0.25, -0.2) is 24.3 Å². The number of rotatable bonds is 19. The number of aldehydes is 1. The molecule has 1 aliphatic heterocycles. The second-order valence-electron chi connectivity index (χ2n) is 12.5. The molecule has 55 heavy (non-hydrogen) atoms. The van der Waals surface area contributed by atoms with Crippen molar-refractivity contribution < 1.29 is 62.8 Å². The van der Waals surface area contributed by atoms with Crippen LogP contribution in [0.2, 0.25) is 0 Å². The lowest BCUT2D eigenvalue weighted by atomic mass is 10.1. The fourth-order valence-corrected chi connectivity index (χ4v) is 5.84. The maximum absolute atomic E-state index is 13.5. The van der Waals surface area contributed by atoms with Crippen molar-refractivity contribution in [3.63, 3.8) is 0 Å². The Morgan fingerprint density at radius 1 is 1.11 bits per heavy atom. The normalized spacial score (nSPS) is 19.3. The molecule has 4 heterocycles. The largest absolute Gasteiger partial charge is 0.466 e. The lowest BCUT2D eigenvalue weighted by Crippen LogP contribution is -2.46. The predicted molar refractivity (Wildman–Crippen MR) is 196 cm³/mol. The molecular formula is C32H47N8O13PS. The third-order valence-electron chi connectivity index (χ3n) is 8.31. The van der Waals surface area contributed by atoms with E-state index in [2.05, 4.69) is 25.3 Å². The van der Waals surface area contributed by atoms with Crippen LogP contribution in [0.3, 0.4) is 0 Å². The van der Waals surface area contributed by atoms with Gasteiger partial charge in [-0.2, -0.15) is 11.8 Å². The number of aryl methyl sites for hydroxylation is 1. The molecule has 3 aromatic heterocycles. The lowest BCUT2D eigenvalue weighted by molar-refractivity contribution is -0.145. The van der Waals surface area contributed by atoms with Crippen molar-refractivity contribution in [1.29, 1.82) is 0 Å². The number of phosphoric acid groups is 1. The number of ether oxygens (including phenoxy) is 3. The predicted octanol–water partition coefficient (Wildman–Crippen LogP) is -0.158. The Morgan fingerprint density at radius 3 is 2.45 bits per heavy atom.